The van der Waals surface area contributed by atoms with Gasteiger partial charge < -0.3 is 14.8 Å². The van der Waals surface area contributed by atoms with E-state index in [1.165, 1.54) is 56.1 Å². The topological polar surface area (TPSA) is 37.3 Å². The number of benzene rings is 1. The van der Waals surface area contributed by atoms with Gasteiger partial charge in [-0.25, -0.2) is 0 Å². The highest BCUT2D eigenvalue weighted by Gasteiger charge is 2.32. The number of aryl methyl sites for hydroxylation is 1. The first kappa shape index (κ1) is 16.6. The summed E-state index contributed by atoms with van der Waals surface area (Å²) in [4.78, 5) is 15.0. The van der Waals surface area contributed by atoms with Crippen LogP contribution in [0.25, 0.3) is 10.9 Å². The number of amides is 1. The van der Waals surface area contributed by atoms with E-state index in [-0.39, 0.29) is 5.91 Å². The van der Waals surface area contributed by atoms with Crippen LogP contribution in [0.2, 0.25) is 0 Å². The Morgan fingerprint density at radius 3 is 2.92 bits per heavy atom. The zero-order chi connectivity index (χ0) is 17.1. The molecule has 2 unspecified atom stereocenters. The lowest BCUT2D eigenvalue weighted by Crippen LogP contribution is -2.51. The fraction of sp³-hybridized carbons (Fsp3) is 0.571. The van der Waals surface area contributed by atoms with Gasteiger partial charge in [-0.3, -0.25) is 4.79 Å². The SMILES string of the molecule is O=C(CCn1ccc2ccccc21)NCC1CCCN2CCCCC12. The van der Waals surface area contributed by atoms with Crippen molar-refractivity contribution in [1.82, 2.24) is 14.8 Å². The number of rotatable bonds is 5. The largest absolute Gasteiger partial charge is 0.356 e. The van der Waals surface area contributed by atoms with Crippen LogP contribution in [0, 0.1) is 5.92 Å². The summed E-state index contributed by atoms with van der Waals surface area (Å²) in [5.74, 6) is 0.830. The average Bonchev–Trinajstić information content (AvgIpc) is 3.08. The maximum Gasteiger partial charge on any atom is 0.221 e. The van der Waals surface area contributed by atoms with Gasteiger partial charge >= 0.3 is 0 Å². The van der Waals surface area contributed by atoms with E-state index in [0.717, 1.165) is 13.1 Å². The Kier molecular flexibility index (Phi) is 5.07. The Labute approximate surface area is 150 Å². The quantitative estimate of drug-likeness (QED) is 0.906. The summed E-state index contributed by atoms with van der Waals surface area (Å²) < 4.78 is 2.18. The van der Waals surface area contributed by atoms with Crippen LogP contribution >= 0.6 is 0 Å². The molecule has 0 spiro atoms. The summed E-state index contributed by atoms with van der Waals surface area (Å²) in [6.45, 7) is 4.12. The lowest BCUT2D eigenvalue weighted by atomic mass is 9.83. The molecule has 1 aromatic heterocycles. The molecule has 1 aromatic carbocycles. The number of carbonyl (C=O) groups is 1. The molecule has 0 radical (unpaired) electrons. The lowest BCUT2D eigenvalue weighted by Gasteiger charge is -2.44. The fourth-order valence-electron chi connectivity index (χ4n) is 4.71. The third-order valence-corrected chi connectivity index (χ3v) is 6.05. The van der Waals surface area contributed by atoms with E-state index in [1.54, 1.807) is 0 Å². The summed E-state index contributed by atoms with van der Waals surface area (Å²) in [5.41, 5.74) is 1.21. The van der Waals surface area contributed by atoms with Crippen molar-refractivity contribution in [3.8, 4) is 0 Å². The van der Waals surface area contributed by atoms with E-state index in [1.807, 2.05) is 0 Å². The first-order valence-corrected chi connectivity index (χ1v) is 9.86. The molecule has 2 aliphatic rings. The molecule has 3 heterocycles. The van der Waals surface area contributed by atoms with Crippen LogP contribution < -0.4 is 5.32 Å². The minimum absolute atomic E-state index is 0.186. The molecule has 2 aliphatic heterocycles. The van der Waals surface area contributed by atoms with Gasteiger partial charge in [-0.15, -0.1) is 0 Å². The Morgan fingerprint density at radius 1 is 1.08 bits per heavy atom. The van der Waals surface area contributed by atoms with Crippen molar-refractivity contribution in [2.75, 3.05) is 19.6 Å². The monoisotopic (exact) mass is 339 g/mol. The molecule has 0 aliphatic carbocycles. The first-order chi connectivity index (χ1) is 12.3. The van der Waals surface area contributed by atoms with E-state index in [0.29, 0.717) is 18.4 Å². The van der Waals surface area contributed by atoms with E-state index in [2.05, 4.69) is 51.3 Å². The number of piperidine rings is 2. The van der Waals surface area contributed by atoms with Crippen molar-refractivity contribution in [3.05, 3.63) is 36.5 Å². The Morgan fingerprint density at radius 2 is 1.96 bits per heavy atom. The number of fused-ring (bicyclic) bond motifs is 2. The molecular weight excluding hydrogens is 310 g/mol. The number of nitrogens with zero attached hydrogens (tertiary/aromatic N) is 2. The number of nitrogens with one attached hydrogen (secondary N) is 1. The molecule has 2 atom stereocenters. The molecule has 0 saturated carbocycles. The average molecular weight is 339 g/mol. The predicted molar refractivity (Wildman–Crippen MR) is 102 cm³/mol. The van der Waals surface area contributed by atoms with Crippen LogP contribution in [0.3, 0.4) is 0 Å². The molecule has 4 nitrogen and oxygen atoms in total. The molecule has 1 N–H and O–H groups in total. The molecule has 4 rings (SSSR count). The maximum absolute atomic E-state index is 12.3. The zero-order valence-corrected chi connectivity index (χ0v) is 15.0. The van der Waals surface area contributed by atoms with Gasteiger partial charge in [0.05, 0.1) is 0 Å². The Balaban J connectivity index is 1.27. The van der Waals surface area contributed by atoms with E-state index in [4.69, 9.17) is 0 Å². The van der Waals surface area contributed by atoms with Gasteiger partial charge in [-0.2, -0.15) is 0 Å². The molecule has 2 saturated heterocycles. The number of para-hydroxylation sites is 1. The highest BCUT2D eigenvalue weighted by molar-refractivity contribution is 5.80. The van der Waals surface area contributed by atoms with Crippen LogP contribution in [0.1, 0.15) is 38.5 Å². The van der Waals surface area contributed by atoms with Crippen LogP contribution in [-0.4, -0.2) is 41.1 Å². The number of hydrogen-bond donors (Lipinski definition) is 1. The predicted octanol–water partition coefficient (Wildman–Crippen LogP) is 3.41. The van der Waals surface area contributed by atoms with Crippen LogP contribution in [0.5, 0.6) is 0 Å². The lowest BCUT2D eigenvalue weighted by molar-refractivity contribution is -0.121. The summed E-state index contributed by atoms with van der Waals surface area (Å²) in [6.07, 6.45) is 9.21. The van der Waals surface area contributed by atoms with E-state index >= 15 is 0 Å². The third kappa shape index (κ3) is 3.74. The van der Waals surface area contributed by atoms with Crippen LogP contribution in [0.15, 0.2) is 36.5 Å². The van der Waals surface area contributed by atoms with Crippen molar-refractivity contribution in [2.45, 2.75) is 51.1 Å². The molecule has 0 bridgehead atoms. The Hall–Kier alpha value is -1.81. The highest BCUT2D eigenvalue weighted by Crippen LogP contribution is 2.30. The second-order valence-electron chi connectivity index (χ2n) is 7.62. The minimum Gasteiger partial charge on any atom is -0.356 e. The maximum atomic E-state index is 12.3. The van der Waals surface area contributed by atoms with Gasteiger partial charge in [0.2, 0.25) is 5.91 Å². The van der Waals surface area contributed by atoms with Gasteiger partial charge in [0.15, 0.2) is 0 Å². The van der Waals surface area contributed by atoms with Gasteiger partial charge in [0, 0.05) is 37.3 Å². The minimum atomic E-state index is 0.186. The summed E-state index contributed by atoms with van der Waals surface area (Å²) in [6, 6.07) is 11.2. The fourth-order valence-corrected chi connectivity index (χ4v) is 4.71. The van der Waals surface area contributed by atoms with Crippen LogP contribution in [0.4, 0.5) is 0 Å². The number of aromatic nitrogens is 1. The van der Waals surface area contributed by atoms with E-state index in [9.17, 15) is 4.79 Å². The van der Waals surface area contributed by atoms with Gasteiger partial charge in [-0.1, -0.05) is 24.6 Å². The van der Waals surface area contributed by atoms with Crippen molar-refractivity contribution in [2.24, 2.45) is 5.92 Å². The van der Waals surface area contributed by atoms with Gasteiger partial charge in [0.25, 0.3) is 0 Å². The summed E-state index contributed by atoms with van der Waals surface area (Å²) in [7, 11) is 0. The third-order valence-electron chi connectivity index (χ3n) is 6.05. The molecule has 2 fully saturated rings. The molecule has 4 heteroatoms. The normalized spacial score (nSPS) is 24.2. The molecule has 1 amide bonds. The number of carbonyl (C=O) groups excluding carboxylic acids is 1. The summed E-state index contributed by atoms with van der Waals surface area (Å²) in [5, 5.41) is 4.46. The van der Waals surface area contributed by atoms with Crippen LogP contribution in [-0.2, 0) is 11.3 Å². The van der Waals surface area contributed by atoms with Gasteiger partial charge in [-0.05, 0) is 62.2 Å². The van der Waals surface area contributed by atoms with Crippen molar-refractivity contribution in [1.29, 1.82) is 0 Å². The smallest absolute Gasteiger partial charge is 0.221 e. The standard InChI is InChI=1S/C21H29N3O/c25-21(11-15-24-14-10-17-6-1-2-8-19(17)24)22-16-18-7-5-13-23-12-4-3-9-20(18)23/h1-2,6,8,10,14,18,20H,3-5,7,9,11-13,15-16H2,(H,22,25). The molecule has 2 aromatic rings. The number of hydrogen-bond acceptors (Lipinski definition) is 2. The van der Waals surface area contributed by atoms with E-state index < -0.39 is 0 Å². The first-order valence-electron chi connectivity index (χ1n) is 9.86. The van der Waals surface area contributed by atoms with Crippen molar-refractivity contribution < 1.29 is 4.79 Å². The summed E-state index contributed by atoms with van der Waals surface area (Å²) >= 11 is 0. The molecule has 25 heavy (non-hydrogen) atoms. The van der Waals surface area contributed by atoms with Gasteiger partial charge in [0.1, 0.15) is 0 Å². The zero-order valence-electron chi connectivity index (χ0n) is 15.0. The van der Waals surface area contributed by atoms with Crippen molar-refractivity contribution in [3.63, 3.8) is 0 Å². The van der Waals surface area contributed by atoms with Crippen molar-refractivity contribution >= 4 is 16.8 Å². The highest BCUT2D eigenvalue weighted by atomic mass is 16.1. The second kappa shape index (κ2) is 7.61. The molecular formula is C21H29N3O. The Bertz CT molecular complexity index is 721. The molecule has 134 valence electrons. The second-order valence-corrected chi connectivity index (χ2v) is 7.62.